The Hall–Kier alpha value is -3.15. The van der Waals surface area contributed by atoms with Crippen LogP contribution in [0, 0.1) is 0 Å². The minimum atomic E-state index is -0.438. The molecule has 0 aliphatic heterocycles. The summed E-state index contributed by atoms with van der Waals surface area (Å²) in [6.45, 7) is 2.41. The Morgan fingerprint density at radius 2 is 1.80 bits per heavy atom. The Kier molecular flexibility index (Phi) is 6.42. The number of benzene rings is 2. The van der Waals surface area contributed by atoms with Crippen molar-refractivity contribution < 1.29 is 9.84 Å². The summed E-state index contributed by atoms with van der Waals surface area (Å²) < 4.78 is 7.90. The van der Waals surface area contributed by atoms with Crippen molar-refractivity contribution in [3.05, 3.63) is 96.4 Å². The van der Waals surface area contributed by atoms with Crippen molar-refractivity contribution in [3.63, 3.8) is 0 Å². The first-order valence-electron chi connectivity index (χ1n) is 10.2. The number of ether oxygens (including phenoxy) is 1. The van der Waals surface area contributed by atoms with Crippen molar-refractivity contribution in [2.45, 2.75) is 25.8 Å². The lowest BCUT2D eigenvalue weighted by atomic mass is 10.2. The molecule has 0 saturated carbocycles. The quantitative estimate of drug-likeness (QED) is 0.459. The molecule has 4 aromatic rings. The molecular weight excluding hydrogens is 374 g/mol. The summed E-state index contributed by atoms with van der Waals surface area (Å²) in [6, 6.07) is 24.2. The average Bonchev–Trinajstić information content (AvgIpc) is 3.16. The third-order valence-electron chi connectivity index (χ3n) is 5.10. The average molecular weight is 402 g/mol. The fourth-order valence-corrected chi connectivity index (χ4v) is 3.65. The van der Waals surface area contributed by atoms with E-state index < -0.39 is 6.10 Å². The van der Waals surface area contributed by atoms with Gasteiger partial charge in [0.2, 0.25) is 0 Å². The zero-order chi connectivity index (χ0) is 20.8. The molecule has 154 valence electrons. The zero-order valence-corrected chi connectivity index (χ0v) is 17.2. The number of rotatable bonds is 9. The second-order valence-corrected chi connectivity index (χ2v) is 7.63. The SMILES string of the molecule is CN(Cc1ccc(OCc2ccccn2)cc1)C[C@@H](O)Cn1ccc2ccccc21. The number of aliphatic hydroxyl groups is 1. The van der Waals surface area contributed by atoms with Gasteiger partial charge >= 0.3 is 0 Å². The normalized spacial score (nSPS) is 12.4. The number of nitrogens with zero attached hydrogens (tertiary/aromatic N) is 3. The Labute approximate surface area is 177 Å². The molecule has 0 unspecified atom stereocenters. The maximum absolute atomic E-state index is 10.6. The van der Waals surface area contributed by atoms with Crippen LogP contribution in [0.3, 0.4) is 0 Å². The molecule has 0 spiro atoms. The highest BCUT2D eigenvalue weighted by Crippen LogP contribution is 2.17. The van der Waals surface area contributed by atoms with Crippen LogP contribution in [-0.2, 0) is 19.7 Å². The molecule has 30 heavy (non-hydrogen) atoms. The van der Waals surface area contributed by atoms with E-state index in [9.17, 15) is 5.11 Å². The van der Waals surface area contributed by atoms with E-state index >= 15 is 0 Å². The molecule has 5 heteroatoms. The van der Waals surface area contributed by atoms with Gasteiger partial charge in [-0.05, 0) is 54.4 Å². The molecule has 0 aliphatic rings. The minimum Gasteiger partial charge on any atom is -0.487 e. The topological polar surface area (TPSA) is 50.5 Å². The van der Waals surface area contributed by atoms with Crippen molar-refractivity contribution >= 4 is 10.9 Å². The van der Waals surface area contributed by atoms with Crippen LogP contribution >= 0.6 is 0 Å². The molecule has 5 nitrogen and oxygen atoms in total. The summed E-state index contributed by atoms with van der Waals surface area (Å²) in [6.07, 6.45) is 3.37. The first-order chi connectivity index (χ1) is 14.7. The second-order valence-electron chi connectivity index (χ2n) is 7.63. The highest BCUT2D eigenvalue weighted by atomic mass is 16.5. The van der Waals surface area contributed by atoms with Crippen molar-refractivity contribution in [1.29, 1.82) is 0 Å². The largest absolute Gasteiger partial charge is 0.487 e. The van der Waals surface area contributed by atoms with E-state index in [1.54, 1.807) is 6.20 Å². The van der Waals surface area contributed by atoms with Gasteiger partial charge < -0.3 is 14.4 Å². The van der Waals surface area contributed by atoms with Crippen LogP contribution in [0.25, 0.3) is 10.9 Å². The van der Waals surface area contributed by atoms with Crippen molar-refractivity contribution in [3.8, 4) is 5.75 Å². The lowest BCUT2D eigenvalue weighted by Gasteiger charge is -2.21. The van der Waals surface area contributed by atoms with E-state index in [0.29, 0.717) is 19.7 Å². The third-order valence-corrected chi connectivity index (χ3v) is 5.10. The van der Waals surface area contributed by atoms with Gasteiger partial charge in [0.05, 0.1) is 11.8 Å². The van der Waals surface area contributed by atoms with Gasteiger partial charge in [0, 0.05) is 37.5 Å². The number of fused-ring (bicyclic) bond motifs is 1. The van der Waals surface area contributed by atoms with Crippen LogP contribution in [0.2, 0.25) is 0 Å². The van der Waals surface area contributed by atoms with E-state index in [2.05, 4.69) is 44.8 Å². The van der Waals surface area contributed by atoms with Crippen molar-refractivity contribution in [2.75, 3.05) is 13.6 Å². The number of para-hydroxylation sites is 1. The monoisotopic (exact) mass is 401 g/mol. The number of pyridine rings is 1. The summed E-state index contributed by atoms with van der Waals surface area (Å²) in [5.41, 5.74) is 3.24. The minimum absolute atomic E-state index is 0.438. The summed E-state index contributed by atoms with van der Waals surface area (Å²) >= 11 is 0. The van der Waals surface area contributed by atoms with Gasteiger partial charge in [-0.25, -0.2) is 0 Å². The lowest BCUT2D eigenvalue weighted by molar-refractivity contribution is 0.108. The van der Waals surface area contributed by atoms with Crippen LogP contribution in [0.1, 0.15) is 11.3 Å². The molecule has 1 N–H and O–H groups in total. The number of likely N-dealkylation sites (N-methyl/N-ethyl adjacent to an activating group) is 1. The number of aromatic nitrogens is 2. The van der Waals surface area contributed by atoms with E-state index in [4.69, 9.17) is 4.74 Å². The molecule has 2 aromatic carbocycles. The van der Waals surface area contributed by atoms with Gasteiger partial charge in [0.15, 0.2) is 0 Å². The maximum atomic E-state index is 10.6. The Bertz CT molecular complexity index is 1060. The van der Waals surface area contributed by atoms with Crippen molar-refractivity contribution in [1.82, 2.24) is 14.5 Å². The molecule has 0 saturated heterocycles. The molecule has 4 rings (SSSR count). The van der Waals surface area contributed by atoms with Crippen LogP contribution < -0.4 is 4.74 Å². The van der Waals surface area contributed by atoms with Gasteiger partial charge in [0.25, 0.3) is 0 Å². The summed E-state index contributed by atoms with van der Waals surface area (Å²) in [7, 11) is 2.03. The van der Waals surface area contributed by atoms with Crippen LogP contribution in [0.15, 0.2) is 85.2 Å². The molecule has 2 heterocycles. The Balaban J connectivity index is 1.26. The highest BCUT2D eigenvalue weighted by Gasteiger charge is 2.11. The third kappa shape index (κ3) is 5.26. The molecule has 0 fully saturated rings. The van der Waals surface area contributed by atoms with Gasteiger partial charge in [-0.2, -0.15) is 0 Å². The van der Waals surface area contributed by atoms with Gasteiger partial charge in [-0.3, -0.25) is 9.88 Å². The first kappa shape index (κ1) is 20.1. The summed E-state index contributed by atoms with van der Waals surface area (Å²) in [4.78, 5) is 6.40. The van der Waals surface area contributed by atoms with Crippen molar-refractivity contribution in [2.24, 2.45) is 0 Å². The zero-order valence-electron chi connectivity index (χ0n) is 17.2. The standard InChI is InChI=1S/C25H27N3O2/c1-27(17-23(29)18-28-15-13-21-6-2-3-8-25(21)28)16-20-9-11-24(12-10-20)30-19-22-7-4-5-14-26-22/h2-15,23,29H,16-19H2,1H3/t23-/m1/s1. The first-order valence-corrected chi connectivity index (χ1v) is 10.2. The maximum Gasteiger partial charge on any atom is 0.130 e. The van der Waals surface area contributed by atoms with Gasteiger partial charge in [-0.1, -0.05) is 36.4 Å². The summed E-state index contributed by atoms with van der Waals surface area (Å²) in [5.74, 6) is 0.826. The number of aliphatic hydroxyl groups excluding tert-OH is 1. The summed E-state index contributed by atoms with van der Waals surface area (Å²) in [5, 5.41) is 11.8. The van der Waals surface area contributed by atoms with E-state index in [1.807, 2.05) is 55.7 Å². The van der Waals surface area contributed by atoms with Crippen LogP contribution in [0.4, 0.5) is 0 Å². The molecule has 0 bridgehead atoms. The van der Waals surface area contributed by atoms with Crippen LogP contribution in [-0.4, -0.2) is 39.3 Å². The molecule has 0 amide bonds. The Morgan fingerprint density at radius 1 is 1.00 bits per heavy atom. The molecule has 0 aliphatic carbocycles. The van der Waals surface area contributed by atoms with E-state index in [0.717, 1.165) is 23.5 Å². The molecular formula is C25H27N3O2. The molecule has 1 atom stereocenters. The van der Waals surface area contributed by atoms with Crippen LogP contribution in [0.5, 0.6) is 5.75 Å². The fraction of sp³-hybridized carbons (Fsp3) is 0.240. The fourth-order valence-electron chi connectivity index (χ4n) is 3.65. The predicted molar refractivity (Wildman–Crippen MR) is 119 cm³/mol. The van der Waals surface area contributed by atoms with Gasteiger partial charge in [-0.15, -0.1) is 0 Å². The molecule has 2 aromatic heterocycles. The predicted octanol–water partition coefficient (Wildman–Crippen LogP) is 4.11. The van der Waals surface area contributed by atoms with E-state index in [1.165, 1.54) is 10.9 Å². The second kappa shape index (κ2) is 9.57. The Morgan fingerprint density at radius 3 is 2.60 bits per heavy atom. The highest BCUT2D eigenvalue weighted by molar-refractivity contribution is 5.79. The van der Waals surface area contributed by atoms with E-state index in [-0.39, 0.29) is 0 Å². The smallest absolute Gasteiger partial charge is 0.130 e. The number of hydrogen-bond donors (Lipinski definition) is 1. The lowest BCUT2D eigenvalue weighted by Crippen LogP contribution is -2.31. The number of hydrogen-bond acceptors (Lipinski definition) is 4. The van der Waals surface area contributed by atoms with Gasteiger partial charge in [0.1, 0.15) is 12.4 Å². The molecule has 0 radical (unpaired) electrons.